The van der Waals surface area contributed by atoms with E-state index in [-0.39, 0.29) is 6.42 Å². The van der Waals surface area contributed by atoms with E-state index in [4.69, 9.17) is 16.7 Å². The molecular formula is C16H19ClN2O2. The fourth-order valence-electron chi connectivity index (χ4n) is 2.35. The molecule has 0 unspecified atom stereocenters. The van der Waals surface area contributed by atoms with Gasteiger partial charge in [0.15, 0.2) is 0 Å². The Kier molecular flexibility index (Phi) is 5.39. The second kappa shape index (κ2) is 7.27. The standard InChI is InChI=1S/C16H19ClN2O2/c1-19-16(17)13(10-6-3-7-11-14(20)21)15(18-19)12-8-4-2-5-9-12/h2,4-5,8-9H,3,6-7,10-11H2,1H3,(H,20,21). The summed E-state index contributed by atoms with van der Waals surface area (Å²) in [4.78, 5) is 10.5. The summed E-state index contributed by atoms with van der Waals surface area (Å²) in [5, 5.41) is 13.8. The Morgan fingerprint density at radius 3 is 2.62 bits per heavy atom. The fourth-order valence-corrected chi connectivity index (χ4v) is 2.57. The van der Waals surface area contributed by atoms with Gasteiger partial charge in [-0.25, -0.2) is 0 Å². The monoisotopic (exact) mass is 306 g/mol. The van der Waals surface area contributed by atoms with Crippen molar-refractivity contribution in [3.8, 4) is 11.3 Å². The number of rotatable bonds is 7. The minimum absolute atomic E-state index is 0.228. The van der Waals surface area contributed by atoms with E-state index >= 15 is 0 Å². The molecule has 0 aliphatic carbocycles. The molecule has 0 aliphatic heterocycles. The van der Waals surface area contributed by atoms with E-state index in [0.717, 1.165) is 36.1 Å². The van der Waals surface area contributed by atoms with Crippen LogP contribution in [-0.4, -0.2) is 20.9 Å². The van der Waals surface area contributed by atoms with Crippen molar-refractivity contribution in [2.24, 2.45) is 7.05 Å². The molecule has 5 heteroatoms. The van der Waals surface area contributed by atoms with Crippen LogP contribution in [0.25, 0.3) is 11.3 Å². The zero-order chi connectivity index (χ0) is 15.2. The van der Waals surface area contributed by atoms with E-state index < -0.39 is 5.97 Å². The van der Waals surface area contributed by atoms with Gasteiger partial charge in [0.1, 0.15) is 5.15 Å². The smallest absolute Gasteiger partial charge is 0.303 e. The summed E-state index contributed by atoms with van der Waals surface area (Å²) < 4.78 is 1.69. The number of aromatic nitrogens is 2. The van der Waals surface area contributed by atoms with Gasteiger partial charge in [-0.3, -0.25) is 9.48 Å². The molecule has 0 saturated carbocycles. The van der Waals surface area contributed by atoms with Gasteiger partial charge in [0.2, 0.25) is 0 Å². The summed E-state index contributed by atoms with van der Waals surface area (Å²) in [5.41, 5.74) is 3.02. The number of hydrogen-bond acceptors (Lipinski definition) is 2. The summed E-state index contributed by atoms with van der Waals surface area (Å²) in [5.74, 6) is -0.737. The van der Waals surface area contributed by atoms with Crippen LogP contribution >= 0.6 is 11.6 Å². The van der Waals surface area contributed by atoms with E-state index in [2.05, 4.69) is 5.10 Å². The first-order valence-electron chi connectivity index (χ1n) is 7.08. The number of unbranched alkanes of at least 4 members (excludes halogenated alkanes) is 2. The molecule has 2 rings (SSSR count). The Hall–Kier alpha value is -1.81. The van der Waals surface area contributed by atoms with Gasteiger partial charge < -0.3 is 5.11 Å². The molecule has 0 saturated heterocycles. The van der Waals surface area contributed by atoms with Crippen molar-refractivity contribution in [2.45, 2.75) is 32.1 Å². The van der Waals surface area contributed by atoms with E-state index in [1.165, 1.54) is 0 Å². The van der Waals surface area contributed by atoms with Crippen LogP contribution in [0.4, 0.5) is 0 Å². The number of carboxylic acid groups (broad SMARTS) is 1. The lowest BCUT2D eigenvalue weighted by Crippen LogP contribution is -1.95. The molecule has 1 N–H and O–H groups in total. The Balaban J connectivity index is 2.07. The molecule has 0 fully saturated rings. The molecule has 0 spiro atoms. The summed E-state index contributed by atoms with van der Waals surface area (Å²) in [7, 11) is 1.84. The van der Waals surface area contributed by atoms with Crippen LogP contribution in [0.15, 0.2) is 30.3 Å². The number of halogens is 1. The minimum atomic E-state index is -0.737. The lowest BCUT2D eigenvalue weighted by molar-refractivity contribution is -0.137. The fraction of sp³-hybridized carbons (Fsp3) is 0.375. The SMILES string of the molecule is Cn1nc(-c2ccccc2)c(CCCCCC(=O)O)c1Cl. The second-order valence-electron chi connectivity index (χ2n) is 5.06. The maximum atomic E-state index is 10.5. The molecule has 1 heterocycles. The number of nitrogens with zero attached hydrogens (tertiary/aromatic N) is 2. The molecule has 1 aromatic heterocycles. The third-order valence-electron chi connectivity index (χ3n) is 3.43. The summed E-state index contributed by atoms with van der Waals surface area (Å²) in [6.07, 6.45) is 3.54. The summed E-state index contributed by atoms with van der Waals surface area (Å²) in [6, 6.07) is 9.97. The van der Waals surface area contributed by atoms with Gasteiger partial charge in [0, 0.05) is 24.6 Å². The lowest BCUT2D eigenvalue weighted by Gasteiger charge is -2.03. The number of carbonyl (C=O) groups is 1. The first-order valence-corrected chi connectivity index (χ1v) is 7.46. The Morgan fingerprint density at radius 2 is 1.95 bits per heavy atom. The summed E-state index contributed by atoms with van der Waals surface area (Å²) in [6.45, 7) is 0. The van der Waals surface area contributed by atoms with Crippen LogP contribution in [0.2, 0.25) is 5.15 Å². The van der Waals surface area contributed by atoms with Crippen LogP contribution in [0, 0.1) is 0 Å². The molecule has 0 radical (unpaired) electrons. The van der Waals surface area contributed by atoms with Gasteiger partial charge in [0.05, 0.1) is 5.69 Å². The van der Waals surface area contributed by atoms with Gasteiger partial charge in [-0.1, -0.05) is 48.4 Å². The van der Waals surface area contributed by atoms with Crippen LogP contribution in [-0.2, 0) is 18.3 Å². The third-order valence-corrected chi connectivity index (χ3v) is 3.91. The van der Waals surface area contributed by atoms with Gasteiger partial charge >= 0.3 is 5.97 Å². The molecule has 1 aromatic carbocycles. The van der Waals surface area contributed by atoms with Gasteiger partial charge in [-0.2, -0.15) is 5.10 Å². The van der Waals surface area contributed by atoms with Crippen molar-refractivity contribution in [3.63, 3.8) is 0 Å². The molecule has 21 heavy (non-hydrogen) atoms. The number of aryl methyl sites for hydroxylation is 1. The molecule has 4 nitrogen and oxygen atoms in total. The molecule has 0 aliphatic rings. The van der Waals surface area contributed by atoms with Crippen LogP contribution in [0.1, 0.15) is 31.2 Å². The average Bonchev–Trinajstić information content (AvgIpc) is 2.75. The van der Waals surface area contributed by atoms with Crippen LogP contribution in [0.5, 0.6) is 0 Å². The number of benzene rings is 1. The predicted molar refractivity (Wildman–Crippen MR) is 83.5 cm³/mol. The van der Waals surface area contributed by atoms with E-state index in [1.807, 2.05) is 37.4 Å². The van der Waals surface area contributed by atoms with E-state index in [0.29, 0.717) is 11.6 Å². The maximum absolute atomic E-state index is 10.5. The Labute approximate surface area is 129 Å². The average molecular weight is 307 g/mol. The molecule has 112 valence electrons. The molecule has 2 aromatic rings. The minimum Gasteiger partial charge on any atom is -0.481 e. The van der Waals surface area contributed by atoms with Crippen molar-refractivity contribution in [2.75, 3.05) is 0 Å². The Morgan fingerprint density at radius 1 is 1.24 bits per heavy atom. The van der Waals surface area contributed by atoms with Crippen LogP contribution < -0.4 is 0 Å². The normalized spacial score (nSPS) is 10.8. The first-order chi connectivity index (χ1) is 10.1. The third kappa shape index (κ3) is 4.08. The van der Waals surface area contributed by atoms with Crippen molar-refractivity contribution in [3.05, 3.63) is 41.0 Å². The summed E-state index contributed by atoms with van der Waals surface area (Å²) >= 11 is 6.33. The molecule has 0 bridgehead atoms. The van der Waals surface area contributed by atoms with Crippen molar-refractivity contribution in [1.82, 2.24) is 9.78 Å². The molecule has 0 amide bonds. The zero-order valence-corrected chi connectivity index (χ0v) is 12.8. The van der Waals surface area contributed by atoms with Crippen molar-refractivity contribution < 1.29 is 9.90 Å². The topological polar surface area (TPSA) is 55.1 Å². The van der Waals surface area contributed by atoms with E-state index in [9.17, 15) is 4.79 Å². The Bertz CT molecular complexity index is 608. The highest BCUT2D eigenvalue weighted by atomic mass is 35.5. The first kappa shape index (κ1) is 15.6. The number of aliphatic carboxylic acids is 1. The van der Waals surface area contributed by atoms with Crippen LogP contribution in [0.3, 0.4) is 0 Å². The number of hydrogen-bond donors (Lipinski definition) is 1. The number of carboxylic acids is 1. The molecular weight excluding hydrogens is 288 g/mol. The van der Waals surface area contributed by atoms with Gasteiger partial charge in [-0.05, 0) is 19.3 Å². The predicted octanol–water partition coefficient (Wildman–Crippen LogP) is 3.93. The largest absolute Gasteiger partial charge is 0.481 e. The lowest BCUT2D eigenvalue weighted by atomic mass is 10.0. The van der Waals surface area contributed by atoms with Crippen molar-refractivity contribution >= 4 is 17.6 Å². The quantitative estimate of drug-likeness (QED) is 0.789. The highest BCUT2D eigenvalue weighted by Gasteiger charge is 2.15. The zero-order valence-electron chi connectivity index (χ0n) is 12.1. The highest BCUT2D eigenvalue weighted by molar-refractivity contribution is 6.30. The molecule has 0 atom stereocenters. The van der Waals surface area contributed by atoms with Gasteiger partial charge in [-0.15, -0.1) is 0 Å². The van der Waals surface area contributed by atoms with Crippen molar-refractivity contribution in [1.29, 1.82) is 0 Å². The van der Waals surface area contributed by atoms with Gasteiger partial charge in [0.25, 0.3) is 0 Å². The van der Waals surface area contributed by atoms with E-state index in [1.54, 1.807) is 4.68 Å². The maximum Gasteiger partial charge on any atom is 0.303 e. The second-order valence-corrected chi connectivity index (χ2v) is 5.42. The highest BCUT2D eigenvalue weighted by Crippen LogP contribution is 2.29.